The topological polar surface area (TPSA) is 76.5 Å². The van der Waals surface area contributed by atoms with Crippen molar-refractivity contribution in [2.45, 2.75) is 19.9 Å². The second-order valence-corrected chi connectivity index (χ2v) is 3.18. The summed E-state index contributed by atoms with van der Waals surface area (Å²) in [7, 11) is 0. The van der Waals surface area contributed by atoms with Crippen LogP contribution >= 0.6 is 0 Å². The molecule has 1 N–H and O–H groups in total. The SMILES string of the molecule is CCCn1cc(C(=O)c2cn[nH]n2)cn1. The third kappa shape index (κ3) is 1.93. The first kappa shape index (κ1) is 9.57. The highest BCUT2D eigenvalue weighted by molar-refractivity contribution is 6.07. The van der Waals surface area contributed by atoms with Gasteiger partial charge in [0.2, 0.25) is 5.78 Å². The van der Waals surface area contributed by atoms with Crippen LogP contribution in [-0.4, -0.2) is 31.0 Å². The van der Waals surface area contributed by atoms with Crippen molar-refractivity contribution in [1.29, 1.82) is 0 Å². The first-order chi connectivity index (χ1) is 7.31. The normalized spacial score (nSPS) is 10.5. The number of carbonyl (C=O) groups excluding carboxylic acids is 1. The molecular formula is C9H11N5O. The van der Waals surface area contributed by atoms with Crippen molar-refractivity contribution < 1.29 is 4.79 Å². The van der Waals surface area contributed by atoms with E-state index < -0.39 is 0 Å². The van der Waals surface area contributed by atoms with Gasteiger partial charge in [-0.2, -0.15) is 20.5 Å². The fraction of sp³-hybridized carbons (Fsp3) is 0.333. The molecule has 0 radical (unpaired) electrons. The van der Waals surface area contributed by atoms with E-state index in [4.69, 9.17) is 0 Å². The van der Waals surface area contributed by atoms with Crippen molar-refractivity contribution in [2.24, 2.45) is 0 Å². The van der Waals surface area contributed by atoms with Gasteiger partial charge in [-0.1, -0.05) is 6.92 Å². The molecule has 0 aliphatic heterocycles. The molecule has 0 spiro atoms. The van der Waals surface area contributed by atoms with Crippen LogP contribution in [0.1, 0.15) is 29.4 Å². The molecule has 0 unspecified atom stereocenters. The number of aryl methyl sites for hydroxylation is 1. The Hall–Kier alpha value is -1.98. The van der Waals surface area contributed by atoms with E-state index in [-0.39, 0.29) is 5.78 Å². The third-order valence-electron chi connectivity index (χ3n) is 2.00. The van der Waals surface area contributed by atoms with Crippen LogP contribution in [0.2, 0.25) is 0 Å². The zero-order chi connectivity index (χ0) is 10.7. The third-order valence-corrected chi connectivity index (χ3v) is 2.00. The number of aromatic nitrogens is 5. The first-order valence-corrected chi connectivity index (χ1v) is 4.74. The lowest BCUT2D eigenvalue weighted by Crippen LogP contribution is -2.01. The number of rotatable bonds is 4. The molecular weight excluding hydrogens is 194 g/mol. The number of aromatic amines is 1. The summed E-state index contributed by atoms with van der Waals surface area (Å²) in [6, 6.07) is 0. The molecule has 0 atom stereocenters. The van der Waals surface area contributed by atoms with Crippen LogP contribution in [0.3, 0.4) is 0 Å². The molecule has 78 valence electrons. The second-order valence-electron chi connectivity index (χ2n) is 3.18. The summed E-state index contributed by atoms with van der Waals surface area (Å²) in [6.45, 7) is 2.87. The molecule has 0 saturated carbocycles. The van der Waals surface area contributed by atoms with E-state index in [0.717, 1.165) is 13.0 Å². The Morgan fingerprint density at radius 2 is 2.40 bits per heavy atom. The summed E-state index contributed by atoms with van der Waals surface area (Å²) >= 11 is 0. The van der Waals surface area contributed by atoms with Crippen molar-refractivity contribution in [1.82, 2.24) is 25.2 Å². The molecule has 0 aliphatic rings. The average molecular weight is 205 g/mol. The first-order valence-electron chi connectivity index (χ1n) is 4.74. The zero-order valence-corrected chi connectivity index (χ0v) is 8.34. The smallest absolute Gasteiger partial charge is 0.218 e. The van der Waals surface area contributed by atoms with Gasteiger partial charge in [0.25, 0.3) is 0 Å². The molecule has 0 saturated heterocycles. The van der Waals surface area contributed by atoms with Crippen molar-refractivity contribution in [3.63, 3.8) is 0 Å². The van der Waals surface area contributed by atoms with E-state index in [1.807, 2.05) is 0 Å². The molecule has 2 aromatic rings. The number of hydrogen-bond donors (Lipinski definition) is 1. The molecule has 6 heteroatoms. The minimum atomic E-state index is -0.161. The standard InChI is InChI=1S/C9H11N5O/c1-2-3-14-6-7(4-11-14)9(15)8-5-10-13-12-8/h4-6H,2-3H2,1H3,(H,10,12,13). The van der Waals surface area contributed by atoms with Crippen LogP contribution in [-0.2, 0) is 6.54 Å². The van der Waals surface area contributed by atoms with Gasteiger partial charge < -0.3 is 0 Å². The fourth-order valence-electron chi connectivity index (χ4n) is 1.29. The Labute approximate surface area is 86.3 Å². The average Bonchev–Trinajstić information content (AvgIpc) is 2.87. The van der Waals surface area contributed by atoms with E-state index in [1.54, 1.807) is 17.1 Å². The number of carbonyl (C=O) groups is 1. The van der Waals surface area contributed by atoms with Crippen molar-refractivity contribution in [2.75, 3.05) is 0 Å². The van der Waals surface area contributed by atoms with Crippen LogP contribution in [0.15, 0.2) is 18.6 Å². The lowest BCUT2D eigenvalue weighted by Gasteiger charge is -1.94. The number of hydrogen-bond acceptors (Lipinski definition) is 4. The zero-order valence-electron chi connectivity index (χ0n) is 8.34. The van der Waals surface area contributed by atoms with Crippen LogP contribution < -0.4 is 0 Å². The van der Waals surface area contributed by atoms with Crippen molar-refractivity contribution >= 4 is 5.78 Å². The monoisotopic (exact) mass is 205 g/mol. The summed E-state index contributed by atoms with van der Waals surface area (Å²) in [5.74, 6) is -0.161. The van der Waals surface area contributed by atoms with E-state index in [9.17, 15) is 4.79 Å². The summed E-state index contributed by atoms with van der Waals surface area (Å²) in [5.41, 5.74) is 0.850. The maximum absolute atomic E-state index is 11.7. The highest BCUT2D eigenvalue weighted by Crippen LogP contribution is 2.05. The Kier molecular flexibility index (Phi) is 2.57. The minimum absolute atomic E-state index is 0.161. The highest BCUT2D eigenvalue weighted by Gasteiger charge is 2.13. The lowest BCUT2D eigenvalue weighted by molar-refractivity contribution is 0.103. The van der Waals surface area contributed by atoms with Crippen LogP contribution in [0, 0.1) is 0 Å². The maximum atomic E-state index is 11.7. The van der Waals surface area contributed by atoms with Gasteiger partial charge in [-0.05, 0) is 6.42 Å². The number of nitrogens with one attached hydrogen (secondary N) is 1. The van der Waals surface area contributed by atoms with Crippen molar-refractivity contribution in [3.8, 4) is 0 Å². The molecule has 2 aromatic heterocycles. The summed E-state index contributed by atoms with van der Waals surface area (Å²) < 4.78 is 1.74. The molecule has 2 rings (SSSR count). The molecule has 0 amide bonds. The highest BCUT2D eigenvalue weighted by atomic mass is 16.1. The molecule has 6 nitrogen and oxygen atoms in total. The maximum Gasteiger partial charge on any atom is 0.218 e. The van der Waals surface area contributed by atoms with E-state index in [0.29, 0.717) is 11.3 Å². The molecule has 15 heavy (non-hydrogen) atoms. The number of H-pyrrole nitrogens is 1. The number of nitrogens with zero attached hydrogens (tertiary/aromatic N) is 4. The van der Waals surface area contributed by atoms with E-state index in [2.05, 4.69) is 27.4 Å². The van der Waals surface area contributed by atoms with Crippen LogP contribution in [0.4, 0.5) is 0 Å². The van der Waals surface area contributed by atoms with Gasteiger partial charge >= 0.3 is 0 Å². The minimum Gasteiger partial charge on any atom is -0.287 e. The van der Waals surface area contributed by atoms with Gasteiger partial charge in [0.05, 0.1) is 18.0 Å². The summed E-state index contributed by atoms with van der Waals surface area (Å²) in [4.78, 5) is 11.7. The largest absolute Gasteiger partial charge is 0.287 e. The summed E-state index contributed by atoms with van der Waals surface area (Å²) in [6.07, 6.45) is 5.66. The lowest BCUT2D eigenvalue weighted by atomic mass is 10.2. The van der Waals surface area contributed by atoms with Gasteiger partial charge in [-0.25, -0.2) is 0 Å². The van der Waals surface area contributed by atoms with E-state index in [1.165, 1.54) is 6.20 Å². The predicted octanol–water partition coefficient (Wildman–Crippen LogP) is 0.642. The Balaban J connectivity index is 2.19. The Morgan fingerprint density at radius 3 is 3.07 bits per heavy atom. The van der Waals surface area contributed by atoms with Gasteiger partial charge in [-0.15, -0.1) is 0 Å². The Bertz CT molecular complexity index is 445. The fourth-order valence-corrected chi connectivity index (χ4v) is 1.29. The Morgan fingerprint density at radius 1 is 1.53 bits per heavy atom. The van der Waals surface area contributed by atoms with E-state index >= 15 is 0 Å². The molecule has 2 heterocycles. The van der Waals surface area contributed by atoms with Crippen LogP contribution in [0.25, 0.3) is 0 Å². The molecule has 0 bridgehead atoms. The predicted molar refractivity (Wildman–Crippen MR) is 52.3 cm³/mol. The molecule has 0 aliphatic carbocycles. The quantitative estimate of drug-likeness (QED) is 0.743. The second kappa shape index (κ2) is 4.04. The van der Waals surface area contributed by atoms with Gasteiger partial charge in [0.15, 0.2) is 5.69 Å². The van der Waals surface area contributed by atoms with Gasteiger partial charge in [-0.3, -0.25) is 9.48 Å². The van der Waals surface area contributed by atoms with Crippen LogP contribution in [0.5, 0.6) is 0 Å². The molecule has 0 aromatic carbocycles. The number of ketones is 1. The molecule has 0 fully saturated rings. The van der Waals surface area contributed by atoms with Gasteiger partial charge in [0.1, 0.15) is 0 Å². The summed E-state index contributed by atoms with van der Waals surface area (Å²) in [5, 5.41) is 13.8. The van der Waals surface area contributed by atoms with Crippen molar-refractivity contribution in [3.05, 3.63) is 29.8 Å². The van der Waals surface area contributed by atoms with Gasteiger partial charge in [0, 0.05) is 12.7 Å².